The molecule has 1 aromatic heterocycles. The number of imidazole rings is 1. The van der Waals surface area contributed by atoms with Gasteiger partial charge in [-0.1, -0.05) is 86.5 Å². The van der Waals surface area contributed by atoms with Gasteiger partial charge in [-0.05, 0) is 48.4 Å². The lowest BCUT2D eigenvalue weighted by atomic mass is 10.0. The number of carbonyl (C=O) groups is 1. The summed E-state index contributed by atoms with van der Waals surface area (Å²) >= 11 is 6.83. The van der Waals surface area contributed by atoms with Gasteiger partial charge in [-0.25, -0.2) is 4.98 Å². The van der Waals surface area contributed by atoms with Gasteiger partial charge in [-0.2, -0.15) is 26.3 Å². The smallest absolute Gasteiger partial charge is 0.379 e. The van der Waals surface area contributed by atoms with Crippen molar-refractivity contribution in [2.75, 3.05) is 33.0 Å². The first-order valence-electron chi connectivity index (χ1n) is 16.1. The molecule has 0 bridgehead atoms. The highest BCUT2D eigenvalue weighted by Gasteiger charge is 2.39. The third kappa shape index (κ3) is 9.98. The zero-order valence-electron chi connectivity index (χ0n) is 27.5. The molecule has 0 atom stereocenters. The molecule has 2 N–H and O–H groups in total. The molecule has 5 rings (SSSR count). The first kappa shape index (κ1) is 39.4. The number of ether oxygens (including phenoxy) is 2. The average molecular weight is 853 g/mol. The fourth-order valence-corrected chi connectivity index (χ4v) is 6.06. The molecule has 0 radical (unpaired) electrons. The third-order valence-electron chi connectivity index (χ3n) is 8.04. The van der Waals surface area contributed by atoms with E-state index in [1.807, 2.05) is 0 Å². The Labute approximate surface area is 313 Å². The van der Waals surface area contributed by atoms with Crippen LogP contribution in [0.2, 0.25) is 0 Å². The Hall–Kier alpha value is -3.82. The van der Waals surface area contributed by atoms with Crippen LogP contribution >= 0.6 is 31.9 Å². The molecule has 52 heavy (non-hydrogen) atoms. The maximum Gasteiger partial charge on any atom is 0.417 e. The van der Waals surface area contributed by atoms with E-state index in [4.69, 9.17) is 20.2 Å². The van der Waals surface area contributed by atoms with Gasteiger partial charge in [0, 0.05) is 57.3 Å². The molecule has 0 amide bonds. The van der Waals surface area contributed by atoms with E-state index in [-0.39, 0.29) is 30.6 Å². The molecule has 0 spiro atoms. The van der Waals surface area contributed by atoms with Crippen molar-refractivity contribution in [3.05, 3.63) is 122 Å². The normalized spacial score (nSPS) is 12.0. The van der Waals surface area contributed by atoms with Crippen LogP contribution in [-0.2, 0) is 28.4 Å². The van der Waals surface area contributed by atoms with Crippen LogP contribution in [0, 0.1) is 0 Å². The van der Waals surface area contributed by atoms with Crippen molar-refractivity contribution < 1.29 is 40.6 Å². The van der Waals surface area contributed by atoms with Crippen LogP contribution in [0.25, 0.3) is 33.9 Å². The van der Waals surface area contributed by atoms with Gasteiger partial charge in [-0.3, -0.25) is 4.79 Å². The topological polar surface area (TPSA) is 79.4 Å². The summed E-state index contributed by atoms with van der Waals surface area (Å²) in [5.41, 5.74) is 5.02. The summed E-state index contributed by atoms with van der Waals surface area (Å²) in [7, 11) is 0. The molecule has 14 heteroatoms. The van der Waals surface area contributed by atoms with Crippen LogP contribution in [0.3, 0.4) is 0 Å². The Bertz CT molecular complexity index is 1960. The monoisotopic (exact) mass is 851 g/mol. The van der Waals surface area contributed by atoms with Gasteiger partial charge in [0.2, 0.25) is 0 Å². The van der Waals surface area contributed by atoms with E-state index in [1.165, 1.54) is 0 Å². The summed E-state index contributed by atoms with van der Waals surface area (Å²) in [6.07, 6.45) is -9.38. The highest BCUT2D eigenvalue weighted by molar-refractivity contribution is 9.10. The number of ketones is 1. The van der Waals surface area contributed by atoms with Gasteiger partial charge in [0.25, 0.3) is 0 Å². The number of rotatable bonds is 15. The van der Waals surface area contributed by atoms with E-state index in [0.29, 0.717) is 79.1 Å². The Morgan fingerprint density at radius 3 is 1.90 bits per heavy atom. The lowest BCUT2D eigenvalue weighted by Gasteiger charge is -2.18. The van der Waals surface area contributed by atoms with Gasteiger partial charge in [-0.15, -0.1) is 0 Å². The largest absolute Gasteiger partial charge is 0.417 e. The molecule has 6 nitrogen and oxygen atoms in total. The number of aromatic nitrogens is 2. The molecule has 0 aliphatic carbocycles. The molecular weight excluding hydrogens is 820 g/mol. The maximum atomic E-state index is 14.6. The molecule has 4 aromatic carbocycles. The lowest BCUT2D eigenvalue weighted by molar-refractivity contribution is -0.142. The van der Waals surface area contributed by atoms with Gasteiger partial charge in [0.05, 0.1) is 42.3 Å². The molecule has 0 saturated carbocycles. The van der Waals surface area contributed by atoms with Gasteiger partial charge in [0.1, 0.15) is 5.82 Å². The quantitative estimate of drug-likeness (QED) is 0.0645. The van der Waals surface area contributed by atoms with Crippen LogP contribution in [0.15, 0.2) is 99.9 Å². The minimum absolute atomic E-state index is 0.0168. The van der Waals surface area contributed by atoms with Crippen molar-refractivity contribution in [3.8, 4) is 33.9 Å². The number of hydrogen-bond acceptors (Lipinski definition) is 5. The van der Waals surface area contributed by atoms with Crippen molar-refractivity contribution in [1.82, 2.24) is 9.55 Å². The van der Waals surface area contributed by atoms with E-state index in [0.717, 1.165) is 15.0 Å². The number of halogens is 8. The molecule has 274 valence electrons. The van der Waals surface area contributed by atoms with Crippen molar-refractivity contribution in [3.63, 3.8) is 0 Å². The number of benzene rings is 4. The zero-order chi connectivity index (χ0) is 37.5. The zero-order valence-corrected chi connectivity index (χ0v) is 30.7. The molecule has 1 heterocycles. The predicted octanol–water partition coefficient (Wildman–Crippen LogP) is 10.4. The second kappa shape index (κ2) is 17.3. The second-order valence-electron chi connectivity index (χ2n) is 11.7. The number of nitrogens with zero attached hydrogens (tertiary/aromatic N) is 2. The Kier molecular flexibility index (Phi) is 13.1. The summed E-state index contributed by atoms with van der Waals surface area (Å²) in [6, 6.07) is 22.4. The standard InChI is InChI=1S/C38H33Br2F6N3O3/c39-29-12-7-26(8-13-29)34-35(27-9-14-30(40)15-10-27)49(36(48-34)31-16-11-28(37(41,42)43)22-32(31)38(44,45)46)23-24-3-5-25(6-4-24)33(50)2-1-18-51-20-21-52-19-17-47/h3-16,22H,1-2,17-21,23,47H2. The molecule has 0 saturated heterocycles. The van der Waals surface area contributed by atoms with E-state index < -0.39 is 29.0 Å². The summed E-state index contributed by atoms with van der Waals surface area (Å²) in [5, 5.41) is 0. The fourth-order valence-electron chi connectivity index (χ4n) is 5.54. The van der Waals surface area contributed by atoms with Crippen LogP contribution in [0.4, 0.5) is 26.3 Å². The number of alkyl halides is 6. The van der Waals surface area contributed by atoms with Gasteiger partial charge in [0.15, 0.2) is 5.78 Å². The average Bonchev–Trinajstić information content (AvgIpc) is 3.47. The van der Waals surface area contributed by atoms with Crippen molar-refractivity contribution in [2.24, 2.45) is 5.73 Å². The minimum Gasteiger partial charge on any atom is -0.379 e. The van der Waals surface area contributed by atoms with E-state index >= 15 is 0 Å². The summed E-state index contributed by atoms with van der Waals surface area (Å²) in [6.45, 7) is 2.03. The molecule has 5 aromatic rings. The van der Waals surface area contributed by atoms with Crippen molar-refractivity contribution >= 4 is 37.6 Å². The Morgan fingerprint density at radius 2 is 1.33 bits per heavy atom. The molecule has 0 aliphatic heterocycles. The van der Waals surface area contributed by atoms with Gasteiger partial charge < -0.3 is 19.8 Å². The summed E-state index contributed by atoms with van der Waals surface area (Å²) < 4.78 is 98.4. The van der Waals surface area contributed by atoms with E-state index in [9.17, 15) is 31.1 Å². The maximum absolute atomic E-state index is 14.6. The van der Waals surface area contributed by atoms with E-state index in [2.05, 4.69) is 31.9 Å². The fraction of sp³-hybridized carbons (Fsp3) is 0.263. The van der Waals surface area contributed by atoms with Crippen LogP contribution in [-0.4, -0.2) is 48.3 Å². The predicted molar refractivity (Wildman–Crippen MR) is 194 cm³/mol. The van der Waals surface area contributed by atoms with Crippen LogP contribution < -0.4 is 5.73 Å². The molecular formula is C38H33Br2F6N3O3. The Morgan fingerprint density at radius 1 is 0.731 bits per heavy atom. The minimum atomic E-state index is -5.13. The van der Waals surface area contributed by atoms with Crippen LogP contribution in [0.5, 0.6) is 0 Å². The van der Waals surface area contributed by atoms with Crippen molar-refractivity contribution in [2.45, 2.75) is 31.7 Å². The summed E-state index contributed by atoms with van der Waals surface area (Å²) in [4.78, 5) is 17.6. The number of nitrogens with two attached hydrogens (primary N) is 1. The SMILES string of the molecule is NCCOCCOCCCC(=O)c1ccc(Cn2c(-c3ccc(C(F)(F)F)cc3C(F)(F)F)nc(-c3ccc(Br)cc3)c2-c2ccc(Br)cc2)cc1. The summed E-state index contributed by atoms with van der Waals surface area (Å²) in [5.74, 6) is -0.282. The first-order valence-corrected chi connectivity index (χ1v) is 17.7. The highest BCUT2D eigenvalue weighted by Crippen LogP contribution is 2.44. The number of Topliss-reactive ketones (excluding diaryl/α,β-unsaturated/α-hetero) is 1. The van der Waals surface area contributed by atoms with Crippen LogP contribution in [0.1, 0.15) is 39.9 Å². The van der Waals surface area contributed by atoms with E-state index in [1.54, 1.807) is 77.4 Å². The number of carbonyl (C=O) groups excluding carboxylic acids is 1. The van der Waals surface area contributed by atoms with Crippen molar-refractivity contribution in [1.29, 1.82) is 0 Å². The number of hydrogen-bond donors (Lipinski definition) is 1. The lowest BCUT2D eigenvalue weighted by Crippen LogP contribution is -2.14. The molecule has 0 fully saturated rings. The molecule has 0 unspecified atom stereocenters. The molecule has 0 aliphatic rings. The third-order valence-corrected chi connectivity index (χ3v) is 9.10. The first-order chi connectivity index (χ1) is 24.8. The Balaban J connectivity index is 1.56. The van der Waals surface area contributed by atoms with Gasteiger partial charge >= 0.3 is 12.4 Å². The highest BCUT2D eigenvalue weighted by atomic mass is 79.9. The second-order valence-corrected chi connectivity index (χ2v) is 13.6.